The molecule has 1 saturated carbocycles. The molecule has 1 aliphatic heterocycles. The van der Waals surface area contributed by atoms with Gasteiger partial charge in [0, 0.05) is 18.4 Å². The van der Waals surface area contributed by atoms with Gasteiger partial charge in [0.15, 0.2) is 0 Å². The van der Waals surface area contributed by atoms with Crippen molar-refractivity contribution in [2.75, 3.05) is 6.61 Å². The van der Waals surface area contributed by atoms with Gasteiger partial charge in [-0.25, -0.2) is 0 Å². The van der Waals surface area contributed by atoms with E-state index in [2.05, 4.69) is 13.8 Å². The minimum Gasteiger partial charge on any atom is -0.375 e. The molecule has 0 amide bonds. The van der Waals surface area contributed by atoms with E-state index in [1.54, 1.807) is 0 Å². The molecule has 2 fully saturated rings. The van der Waals surface area contributed by atoms with Crippen LogP contribution in [0, 0.1) is 5.41 Å². The van der Waals surface area contributed by atoms with E-state index in [1.165, 1.54) is 6.42 Å². The first-order valence-corrected chi connectivity index (χ1v) is 5.21. The first-order chi connectivity index (χ1) is 6.04. The van der Waals surface area contributed by atoms with Crippen molar-refractivity contribution < 1.29 is 9.53 Å². The number of hydrogen-bond donors (Lipinski definition) is 0. The van der Waals surface area contributed by atoms with Crippen LogP contribution >= 0.6 is 0 Å². The van der Waals surface area contributed by atoms with Crippen LogP contribution < -0.4 is 0 Å². The van der Waals surface area contributed by atoms with Gasteiger partial charge in [0.2, 0.25) is 0 Å². The summed E-state index contributed by atoms with van der Waals surface area (Å²) in [4.78, 5) is 11.6. The zero-order valence-electron chi connectivity index (χ0n) is 8.56. The summed E-state index contributed by atoms with van der Waals surface area (Å²) < 4.78 is 5.81. The molecule has 0 bridgehead atoms. The molecule has 0 N–H and O–H groups in total. The third kappa shape index (κ3) is 1.52. The molecule has 0 aromatic rings. The molecule has 0 aromatic carbocycles. The van der Waals surface area contributed by atoms with Crippen LogP contribution in [0.2, 0.25) is 0 Å². The standard InChI is InChI=1S/C11H18O2/c1-10(2)8-11(5-3-7-13-11)6-4-9(10)12/h3-8H2,1-2H3. The third-order valence-electron chi connectivity index (χ3n) is 3.51. The van der Waals surface area contributed by atoms with Gasteiger partial charge in [-0.2, -0.15) is 0 Å². The maximum absolute atomic E-state index is 11.6. The average Bonchev–Trinajstić information content (AvgIpc) is 2.46. The molecule has 2 heteroatoms. The summed E-state index contributed by atoms with van der Waals surface area (Å²) in [5, 5.41) is 0. The fraction of sp³-hybridized carbons (Fsp3) is 0.909. The van der Waals surface area contributed by atoms with E-state index in [0.29, 0.717) is 12.2 Å². The lowest BCUT2D eigenvalue weighted by Crippen LogP contribution is -2.43. The van der Waals surface area contributed by atoms with Crippen molar-refractivity contribution >= 4 is 5.78 Å². The van der Waals surface area contributed by atoms with Crippen molar-refractivity contribution in [2.24, 2.45) is 5.41 Å². The van der Waals surface area contributed by atoms with Crippen LogP contribution in [0.25, 0.3) is 0 Å². The number of ketones is 1. The number of carbonyl (C=O) groups excluding carboxylic acids is 1. The third-order valence-corrected chi connectivity index (χ3v) is 3.51. The molecule has 13 heavy (non-hydrogen) atoms. The Morgan fingerprint density at radius 2 is 2.08 bits per heavy atom. The molecule has 1 spiro atoms. The highest BCUT2D eigenvalue weighted by Crippen LogP contribution is 2.45. The van der Waals surface area contributed by atoms with Gasteiger partial charge >= 0.3 is 0 Å². The predicted molar refractivity (Wildman–Crippen MR) is 50.6 cm³/mol. The Hall–Kier alpha value is -0.370. The molecule has 2 rings (SSSR count). The van der Waals surface area contributed by atoms with Crippen LogP contribution in [0.5, 0.6) is 0 Å². The SMILES string of the molecule is CC1(C)CC2(CCCO2)CCC1=O. The van der Waals surface area contributed by atoms with Gasteiger partial charge in [0.1, 0.15) is 5.78 Å². The zero-order valence-corrected chi connectivity index (χ0v) is 8.56. The second kappa shape index (κ2) is 2.81. The summed E-state index contributed by atoms with van der Waals surface area (Å²) in [5.41, 5.74) is -0.0833. The van der Waals surface area contributed by atoms with Crippen LogP contribution in [-0.4, -0.2) is 18.0 Å². The lowest BCUT2D eigenvalue weighted by Gasteiger charge is -2.40. The molecule has 1 unspecified atom stereocenters. The van der Waals surface area contributed by atoms with Crippen molar-refractivity contribution in [1.82, 2.24) is 0 Å². The Balaban J connectivity index is 2.14. The van der Waals surface area contributed by atoms with E-state index in [4.69, 9.17) is 4.74 Å². The number of ether oxygens (including phenoxy) is 1. The highest BCUT2D eigenvalue weighted by atomic mass is 16.5. The Kier molecular flexibility index (Phi) is 1.99. The van der Waals surface area contributed by atoms with Crippen LogP contribution in [0.3, 0.4) is 0 Å². The van der Waals surface area contributed by atoms with E-state index in [1.807, 2.05) is 0 Å². The summed E-state index contributed by atoms with van der Waals surface area (Å²) in [6.45, 7) is 5.00. The fourth-order valence-corrected chi connectivity index (χ4v) is 2.76. The monoisotopic (exact) mass is 182 g/mol. The van der Waals surface area contributed by atoms with Gasteiger partial charge in [0.05, 0.1) is 5.60 Å². The average molecular weight is 182 g/mol. The molecule has 2 aliphatic rings. The van der Waals surface area contributed by atoms with E-state index in [9.17, 15) is 4.79 Å². The minimum absolute atomic E-state index is 0.0669. The highest BCUT2D eigenvalue weighted by Gasteiger charge is 2.46. The molecule has 1 heterocycles. The summed E-state index contributed by atoms with van der Waals surface area (Å²) in [5.74, 6) is 0.411. The molecule has 74 valence electrons. The largest absolute Gasteiger partial charge is 0.375 e. The number of hydrogen-bond acceptors (Lipinski definition) is 2. The van der Waals surface area contributed by atoms with Gasteiger partial charge in [0.25, 0.3) is 0 Å². The molecule has 1 aliphatic carbocycles. The maximum atomic E-state index is 11.6. The normalized spacial score (nSPS) is 38.5. The molecule has 1 atom stereocenters. The Labute approximate surface area is 79.7 Å². The summed E-state index contributed by atoms with van der Waals surface area (Å²) in [7, 11) is 0. The Bertz CT molecular complexity index is 224. The van der Waals surface area contributed by atoms with Crippen LogP contribution in [0.1, 0.15) is 46.0 Å². The molecule has 1 saturated heterocycles. The van der Waals surface area contributed by atoms with Crippen molar-refractivity contribution in [3.8, 4) is 0 Å². The second-order valence-electron chi connectivity index (χ2n) is 5.12. The van der Waals surface area contributed by atoms with Gasteiger partial charge < -0.3 is 4.74 Å². The Morgan fingerprint density at radius 3 is 2.62 bits per heavy atom. The van der Waals surface area contributed by atoms with Gasteiger partial charge in [-0.3, -0.25) is 4.79 Å². The molecule has 2 nitrogen and oxygen atoms in total. The van der Waals surface area contributed by atoms with Crippen LogP contribution in [0.4, 0.5) is 0 Å². The predicted octanol–water partition coefficient (Wildman–Crippen LogP) is 2.31. The molecule has 0 radical (unpaired) electrons. The Morgan fingerprint density at radius 1 is 1.31 bits per heavy atom. The number of carbonyl (C=O) groups is 1. The lowest BCUT2D eigenvalue weighted by atomic mass is 9.68. The number of rotatable bonds is 0. The van der Waals surface area contributed by atoms with Crippen molar-refractivity contribution in [2.45, 2.75) is 51.6 Å². The molecular formula is C11H18O2. The fourth-order valence-electron chi connectivity index (χ4n) is 2.76. The zero-order chi connectivity index (χ0) is 9.53. The molecular weight excluding hydrogens is 164 g/mol. The van der Waals surface area contributed by atoms with Crippen LogP contribution in [-0.2, 0) is 9.53 Å². The van der Waals surface area contributed by atoms with Crippen LogP contribution in [0.15, 0.2) is 0 Å². The van der Waals surface area contributed by atoms with Crippen molar-refractivity contribution in [3.63, 3.8) is 0 Å². The van der Waals surface area contributed by atoms with Crippen molar-refractivity contribution in [3.05, 3.63) is 0 Å². The highest BCUT2D eigenvalue weighted by molar-refractivity contribution is 5.85. The van der Waals surface area contributed by atoms with Crippen molar-refractivity contribution in [1.29, 1.82) is 0 Å². The first kappa shape index (κ1) is 9.20. The topological polar surface area (TPSA) is 26.3 Å². The summed E-state index contributed by atoms with van der Waals surface area (Å²) >= 11 is 0. The van der Waals surface area contributed by atoms with Gasteiger partial charge in [-0.05, 0) is 25.7 Å². The van der Waals surface area contributed by atoms with E-state index >= 15 is 0 Å². The van der Waals surface area contributed by atoms with Gasteiger partial charge in [-0.15, -0.1) is 0 Å². The lowest BCUT2D eigenvalue weighted by molar-refractivity contribution is -0.139. The van der Waals surface area contributed by atoms with E-state index in [-0.39, 0.29) is 11.0 Å². The minimum atomic E-state index is -0.150. The second-order valence-corrected chi connectivity index (χ2v) is 5.12. The van der Waals surface area contributed by atoms with Gasteiger partial charge in [-0.1, -0.05) is 13.8 Å². The summed E-state index contributed by atoms with van der Waals surface area (Å²) in [6.07, 6.45) is 4.93. The quantitative estimate of drug-likeness (QED) is 0.574. The summed E-state index contributed by atoms with van der Waals surface area (Å²) in [6, 6.07) is 0. The van der Waals surface area contributed by atoms with E-state index < -0.39 is 0 Å². The maximum Gasteiger partial charge on any atom is 0.138 e. The smallest absolute Gasteiger partial charge is 0.138 e. The molecule has 0 aromatic heterocycles. The van der Waals surface area contributed by atoms with E-state index in [0.717, 1.165) is 25.9 Å². The number of Topliss-reactive ketones (excluding diaryl/α,β-unsaturated/α-hetero) is 1. The first-order valence-electron chi connectivity index (χ1n) is 5.21.